The van der Waals surface area contributed by atoms with E-state index in [-0.39, 0.29) is 58.5 Å². The summed E-state index contributed by atoms with van der Waals surface area (Å²) in [5, 5.41) is 60.5. The third-order valence-electron chi connectivity index (χ3n) is 6.65. The first-order valence-electron chi connectivity index (χ1n) is 14.2. The van der Waals surface area contributed by atoms with Crippen LogP contribution in [0.5, 0.6) is 0 Å². The van der Waals surface area contributed by atoms with Gasteiger partial charge in [0.15, 0.2) is 12.6 Å². The molecule has 2 saturated heterocycles. The van der Waals surface area contributed by atoms with Gasteiger partial charge in [0.05, 0.1) is 63.6 Å². The van der Waals surface area contributed by atoms with E-state index in [2.05, 4.69) is 0 Å². The van der Waals surface area contributed by atoms with E-state index in [1.807, 2.05) is 20.8 Å². The fraction of sp³-hybridized carbons (Fsp3) is 1.00. The van der Waals surface area contributed by atoms with Crippen LogP contribution in [0.15, 0.2) is 0 Å². The van der Waals surface area contributed by atoms with Gasteiger partial charge in [-0.25, -0.2) is 0 Å². The number of aliphatic hydroxyl groups excluding tert-OH is 6. The minimum atomic E-state index is -3.86. The second kappa shape index (κ2) is 17.0. The fourth-order valence-corrected chi connectivity index (χ4v) is 4.64. The molecule has 43 heavy (non-hydrogen) atoms. The van der Waals surface area contributed by atoms with Gasteiger partial charge in [-0.05, 0) is 41.5 Å². The van der Waals surface area contributed by atoms with Crippen molar-refractivity contribution in [2.75, 3.05) is 52.9 Å². The first-order chi connectivity index (χ1) is 19.9. The Hall–Kier alpha value is -0.370. The van der Waals surface area contributed by atoms with Gasteiger partial charge in [-0.15, -0.1) is 0 Å². The van der Waals surface area contributed by atoms with Crippen molar-refractivity contribution in [1.82, 2.24) is 0 Å². The molecule has 11 unspecified atom stereocenters. The van der Waals surface area contributed by atoms with Crippen molar-refractivity contribution in [3.8, 4) is 0 Å². The highest BCUT2D eigenvalue weighted by molar-refractivity contribution is 7.54. The maximum Gasteiger partial charge on any atom is 0.333 e. The average Bonchev–Trinajstić information content (AvgIpc) is 2.90. The zero-order valence-electron chi connectivity index (χ0n) is 25.7. The molecule has 0 aromatic heterocycles. The molecule has 0 aromatic rings. The first kappa shape index (κ1) is 38.8. The standard InChI is InChI=1S/C26H51O16P/c1-25(2,3)39-11-10-38-24-22(32)20(30)17(27)15(42-24)13-35-7-9-37-23-21(31)19(29)18(28)16(41-23)14-36-8-12-40-43(33,34)26(4,5)6/h15-24,27-32H,7-14H2,1-6H3,(H,33,34). The Morgan fingerprint density at radius 3 is 1.44 bits per heavy atom. The molecule has 2 heterocycles. The summed E-state index contributed by atoms with van der Waals surface area (Å²) in [6.45, 7) is 9.71. The largest absolute Gasteiger partial charge is 0.387 e. The minimum absolute atomic E-state index is 0.0745. The van der Waals surface area contributed by atoms with E-state index in [0.717, 1.165) is 0 Å². The molecule has 0 saturated carbocycles. The Balaban J connectivity index is 1.74. The van der Waals surface area contributed by atoms with Gasteiger partial charge < -0.3 is 73.2 Å². The highest BCUT2D eigenvalue weighted by Gasteiger charge is 2.46. The van der Waals surface area contributed by atoms with Crippen molar-refractivity contribution in [3.05, 3.63) is 0 Å². The lowest BCUT2D eigenvalue weighted by Gasteiger charge is -2.40. The molecule has 17 heteroatoms. The second-order valence-electron chi connectivity index (χ2n) is 12.4. The molecular weight excluding hydrogens is 599 g/mol. The van der Waals surface area contributed by atoms with Gasteiger partial charge >= 0.3 is 7.60 Å². The van der Waals surface area contributed by atoms with E-state index in [9.17, 15) is 40.1 Å². The molecule has 16 nitrogen and oxygen atoms in total. The summed E-state index contributed by atoms with van der Waals surface area (Å²) >= 11 is 0. The maximum atomic E-state index is 12.1. The van der Waals surface area contributed by atoms with Crippen molar-refractivity contribution in [3.63, 3.8) is 0 Å². The topological polar surface area (TPSA) is 233 Å². The molecule has 0 aliphatic carbocycles. The third-order valence-corrected chi connectivity index (χ3v) is 8.88. The SMILES string of the molecule is CC(C)(C)OCCOC1OC(COCCOC2OC(COCCOP(=O)(O)C(C)(C)C)C(O)C(O)C2O)C(O)C(O)C1O. The van der Waals surface area contributed by atoms with E-state index >= 15 is 0 Å². The number of hydrogen-bond acceptors (Lipinski definition) is 15. The van der Waals surface area contributed by atoms with Crippen LogP contribution >= 0.6 is 7.60 Å². The summed E-state index contributed by atoms with van der Waals surface area (Å²) in [7, 11) is -3.86. The van der Waals surface area contributed by atoms with Gasteiger partial charge in [0.1, 0.15) is 48.8 Å². The molecule has 11 atom stereocenters. The Morgan fingerprint density at radius 1 is 0.605 bits per heavy atom. The average molecular weight is 651 g/mol. The first-order valence-corrected chi connectivity index (χ1v) is 15.8. The molecule has 2 aliphatic heterocycles. The van der Waals surface area contributed by atoms with E-state index in [4.69, 9.17) is 37.7 Å². The highest BCUT2D eigenvalue weighted by atomic mass is 31.2. The minimum Gasteiger partial charge on any atom is -0.387 e. The lowest BCUT2D eigenvalue weighted by atomic mass is 9.99. The molecule has 2 aliphatic rings. The molecule has 0 bridgehead atoms. The van der Waals surface area contributed by atoms with Crippen LogP contribution in [0.3, 0.4) is 0 Å². The Kier molecular flexibility index (Phi) is 15.3. The molecule has 0 aromatic carbocycles. The predicted octanol–water partition coefficient (Wildman–Crippen LogP) is -1.52. The van der Waals surface area contributed by atoms with Gasteiger partial charge in [-0.1, -0.05) is 0 Å². The van der Waals surface area contributed by atoms with Crippen LogP contribution < -0.4 is 0 Å². The van der Waals surface area contributed by atoms with Crippen LogP contribution in [0, 0.1) is 0 Å². The summed E-state index contributed by atoms with van der Waals surface area (Å²) < 4.78 is 55.6. The molecule has 0 spiro atoms. The van der Waals surface area contributed by atoms with Gasteiger partial charge in [0.25, 0.3) is 0 Å². The molecule has 256 valence electrons. The van der Waals surface area contributed by atoms with Gasteiger partial charge in [-0.2, -0.15) is 0 Å². The Bertz CT molecular complexity index is 850. The van der Waals surface area contributed by atoms with Crippen molar-refractivity contribution in [1.29, 1.82) is 0 Å². The Labute approximate surface area is 252 Å². The van der Waals surface area contributed by atoms with E-state index in [0.29, 0.717) is 0 Å². The molecule has 0 amide bonds. The number of rotatable bonds is 16. The maximum absolute atomic E-state index is 12.1. The lowest BCUT2D eigenvalue weighted by molar-refractivity contribution is -0.310. The molecule has 7 N–H and O–H groups in total. The second-order valence-corrected chi connectivity index (χ2v) is 15.0. The monoisotopic (exact) mass is 650 g/mol. The molecular formula is C26H51O16P. The fourth-order valence-electron chi connectivity index (χ4n) is 3.93. The van der Waals surface area contributed by atoms with Gasteiger partial charge in [-0.3, -0.25) is 4.57 Å². The predicted molar refractivity (Wildman–Crippen MR) is 148 cm³/mol. The summed E-state index contributed by atoms with van der Waals surface area (Å²) in [6.07, 6.45) is -13.8. The number of hydrogen-bond donors (Lipinski definition) is 7. The number of aliphatic hydroxyl groups is 6. The van der Waals surface area contributed by atoms with Crippen molar-refractivity contribution in [2.45, 2.75) is 114 Å². The van der Waals surface area contributed by atoms with Gasteiger partial charge in [0.2, 0.25) is 0 Å². The molecule has 2 rings (SSSR count). The molecule has 2 fully saturated rings. The zero-order valence-corrected chi connectivity index (χ0v) is 26.6. The number of ether oxygens (including phenoxy) is 7. The lowest BCUT2D eigenvalue weighted by Crippen LogP contribution is -2.59. The van der Waals surface area contributed by atoms with E-state index in [1.165, 1.54) is 0 Å². The van der Waals surface area contributed by atoms with Crippen molar-refractivity contribution >= 4 is 7.60 Å². The van der Waals surface area contributed by atoms with Crippen LogP contribution in [0.4, 0.5) is 0 Å². The van der Waals surface area contributed by atoms with E-state index in [1.54, 1.807) is 20.8 Å². The third kappa shape index (κ3) is 12.1. The summed E-state index contributed by atoms with van der Waals surface area (Å²) in [5.41, 5.74) is -0.383. The van der Waals surface area contributed by atoms with E-state index < -0.39 is 74.2 Å². The van der Waals surface area contributed by atoms with Crippen molar-refractivity contribution in [2.24, 2.45) is 0 Å². The van der Waals surface area contributed by atoms with Crippen LogP contribution in [0.1, 0.15) is 41.5 Å². The quantitative estimate of drug-likeness (QED) is 0.0743. The van der Waals surface area contributed by atoms with Gasteiger partial charge in [0, 0.05) is 0 Å². The highest BCUT2D eigenvalue weighted by Crippen LogP contribution is 2.54. The zero-order chi connectivity index (χ0) is 32.6. The summed E-state index contributed by atoms with van der Waals surface area (Å²) in [4.78, 5) is 9.92. The summed E-state index contributed by atoms with van der Waals surface area (Å²) in [5.74, 6) is 0. The normalized spacial score (nSPS) is 35.6. The summed E-state index contributed by atoms with van der Waals surface area (Å²) in [6, 6.07) is 0. The van der Waals surface area contributed by atoms with Crippen LogP contribution in [-0.4, -0.2) is 161 Å². The van der Waals surface area contributed by atoms with Crippen molar-refractivity contribution < 1.29 is 77.8 Å². The smallest absolute Gasteiger partial charge is 0.333 e. The molecule has 0 radical (unpaired) electrons. The Morgan fingerprint density at radius 2 is 1.02 bits per heavy atom. The van der Waals surface area contributed by atoms with Crippen LogP contribution in [0.25, 0.3) is 0 Å². The van der Waals surface area contributed by atoms with Crippen LogP contribution in [0.2, 0.25) is 0 Å². The van der Waals surface area contributed by atoms with Crippen LogP contribution in [-0.2, 0) is 42.2 Å².